The summed E-state index contributed by atoms with van der Waals surface area (Å²) in [5, 5.41) is 0. The summed E-state index contributed by atoms with van der Waals surface area (Å²) >= 11 is 0. The van der Waals surface area contributed by atoms with Crippen LogP contribution in [0.5, 0.6) is 5.75 Å². The summed E-state index contributed by atoms with van der Waals surface area (Å²) in [6, 6.07) is 20.5. The second kappa shape index (κ2) is 8.45. The summed E-state index contributed by atoms with van der Waals surface area (Å²) < 4.78 is 5.55. The number of nitrogens with zero attached hydrogens (tertiary/aromatic N) is 4. The van der Waals surface area contributed by atoms with Crippen LogP contribution in [0.3, 0.4) is 0 Å². The molecule has 2 aromatic carbocycles. The maximum absolute atomic E-state index is 5.55. The topological polar surface area (TPSA) is 41.0 Å². The fourth-order valence-corrected chi connectivity index (χ4v) is 3.63. The summed E-state index contributed by atoms with van der Waals surface area (Å²) in [6.45, 7) is 1.85. The molecule has 0 unspecified atom stereocenters. The number of aromatic nitrogens is 1. The molecule has 5 nitrogen and oxygen atoms in total. The average Bonchev–Trinajstić information content (AvgIpc) is 2.89. The number of pyridine rings is 1. The molecule has 0 spiro atoms. The Morgan fingerprint density at radius 1 is 1.00 bits per heavy atom. The summed E-state index contributed by atoms with van der Waals surface area (Å²) in [6.07, 6.45) is 2.85. The Morgan fingerprint density at radius 3 is 2.59 bits per heavy atom. The minimum absolute atomic E-state index is 0.827. The van der Waals surface area contributed by atoms with Crippen LogP contribution in [0.15, 0.2) is 71.9 Å². The van der Waals surface area contributed by atoms with Crippen molar-refractivity contribution in [2.45, 2.75) is 6.42 Å². The molecule has 4 rings (SSSR count). The molecule has 5 heteroatoms. The zero-order chi connectivity index (χ0) is 20.2. The minimum atomic E-state index is 0.827. The Hall–Kier alpha value is -3.18. The molecule has 0 bridgehead atoms. The van der Waals surface area contributed by atoms with Crippen LogP contribution < -0.4 is 9.64 Å². The monoisotopic (exact) mass is 386 g/mol. The van der Waals surface area contributed by atoms with Crippen LogP contribution in [0, 0.1) is 0 Å². The highest BCUT2D eigenvalue weighted by molar-refractivity contribution is 6.18. The van der Waals surface area contributed by atoms with Crippen LogP contribution in [0.4, 0.5) is 17.2 Å². The highest BCUT2D eigenvalue weighted by Crippen LogP contribution is 2.40. The van der Waals surface area contributed by atoms with Gasteiger partial charge in [-0.1, -0.05) is 30.3 Å². The molecule has 0 fully saturated rings. The molecule has 29 heavy (non-hydrogen) atoms. The highest BCUT2D eigenvalue weighted by atomic mass is 16.5. The Bertz CT molecular complexity index is 1010. The lowest BCUT2D eigenvalue weighted by Crippen LogP contribution is -2.24. The lowest BCUT2D eigenvalue weighted by atomic mass is 10.00. The van der Waals surface area contributed by atoms with Crippen molar-refractivity contribution < 1.29 is 4.74 Å². The maximum Gasteiger partial charge on any atom is 0.159 e. The van der Waals surface area contributed by atoms with Gasteiger partial charge in [0.15, 0.2) is 5.82 Å². The molecule has 1 aromatic heterocycles. The van der Waals surface area contributed by atoms with Crippen LogP contribution in [-0.4, -0.2) is 49.9 Å². The number of hydrogen-bond acceptors (Lipinski definition) is 5. The van der Waals surface area contributed by atoms with E-state index in [1.54, 1.807) is 7.11 Å². The molecule has 0 N–H and O–H groups in total. The molecule has 0 aliphatic carbocycles. The molecule has 3 aromatic rings. The first-order valence-corrected chi connectivity index (χ1v) is 9.87. The fourth-order valence-electron chi connectivity index (χ4n) is 3.63. The van der Waals surface area contributed by atoms with Crippen molar-refractivity contribution in [3.63, 3.8) is 0 Å². The number of anilines is 2. The molecule has 0 radical (unpaired) electrons. The van der Waals surface area contributed by atoms with Crippen molar-refractivity contribution in [2.75, 3.05) is 39.2 Å². The van der Waals surface area contributed by atoms with Crippen LogP contribution in [0.25, 0.3) is 0 Å². The van der Waals surface area contributed by atoms with Gasteiger partial charge in [-0.15, -0.1) is 0 Å². The Kier molecular flexibility index (Phi) is 5.58. The Labute approximate surface area is 172 Å². The molecule has 1 aliphatic rings. The zero-order valence-electron chi connectivity index (χ0n) is 17.2. The summed E-state index contributed by atoms with van der Waals surface area (Å²) in [5.74, 6) is 1.71. The Morgan fingerprint density at radius 2 is 1.83 bits per heavy atom. The van der Waals surface area contributed by atoms with Crippen LogP contribution in [-0.2, 0) is 0 Å². The number of aliphatic imine (C=N–C) groups is 1. The van der Waals surface area contributed by atoms with E-state index < -0.39 is 0 Å². The third-order valence-electron chi connectivity index (χ3n) is 5.04. The molecule has 0 atom stereocenters. The first-order chi connectivity index (χ1) is 14.2. The third kappa shape index (κ3) is 4.00. The fraction of sp³-hybridized carbons (Fsp3) is 0.250. The van der Waals surface area contributed by atoms with E-state index in [1.807, 2.05) is 42.6 Å². The third-order valence-corrected chi connectivity index (χ3v) is 5.04. The van der Waals surface area contributed by atoms with Gasteiger partial charge in [0.1, 0.15) is 11.4 Å². The van der Waals surface area contributed by atoms with Gasteiger partial charge in [0.2, 0.25) is 0 Å². The van der Waals surface area contributed by atoms with Crippen molar-refractivity contribution in [3.8, 4) is 5.75 Å². The van der Waals surface area contributed by atoms with Gasteiger partial charge in [-0.05, 0) is 51.3 Å². The van der Waals surface area contributed by atoms with Gasteiger partial charge in [-0.25, -0.2) is 9.98 Å². The predicted molar refractivity (Wildman–Crippen MR) is 119 cm³/mol. The van der Waals surface area contributed by atoms with Gasteiger partial charge in [-0.3, -0.25) is 0 Å². The first kappa shape index (κ1) is 19.2. The maximum atomic E-state index is 5.55. The van der Waals surface area contributed by atoms with Gasteiger partial charge >= 0.3 is 0 Å². The molecular formula is C24H26N4O. The molecule has 2 heterocycles. The van der Waals surface area contributed by atoms with E-state index in [0.29, 0.717) is 0 Å². The smallest absolute Gasteiger partial charge is 0.159 e. The summed E-state index contributed by atoms with van der Waals surface area (Å²) in [5.41, 5.74) is 5.07. The van der Waals surface area contributed by atoms with E-state index in [-0.39, 0.29) is 0 Å². The van der Waals surface area contributed by atoms with Crippen molar-refractivity contribution in [2.24, 2.45) is 4.99 Å². The molecule has 0 saturated carbocycles. The van der Waals surface area contributed by atoms with Gasteiger partial charge < -0.3 is 14.5 Å². The van der Waals surface area contributed by atoms with Crippen molar-refractivity contribution in [1.82, 2.24) is 9.88 Å². The quantitative estimate of drug-likeness (QED) is 0.618. The number of rotatable bonds is 6. The van der Waals surface area contributed by atoms with Gasteiger partial charge in [0.25, 0.3) is 0 Å². The van der Waals surface area contributed by atoms with E-state index in [1.165, 1.54) is 0 Å². The van der Waals surface area contributed by atoms with Crippen LogP contribution >= 0.6 is 0 Å². The largest absolute Gasteiger partial charge is 0.497 e. The number of fused-ring (bicyclic) bond motifs is 2. The van der Waals surface area contributed by atoms with Crippen LogP contribution in [0.1, 0.15) is 17.5 Å². The number of methoxy groups -OCH3 is 1. The van der Waals surface area contributed by atoms with Crippen molar-refractivity contribution in [1.29, 1.82) is 0 Å². The van der Waals surface area contributed by atoms with Crippen LogP contribution in [0.2, 0.25) is 0 Å². The van der Waals surface area contributed by atoms with Gasteiger partial charge in [0, 0.05) is 29.9 Å². The zero-order valence-corrected chi connectivity index (χ0v) is 17.2. The number of ether oxygens (including phenoxy) is 1. The Balaban J connectivity index is 1.90. The lowest BCUT2D eigenvalue weighted by Gasteiger charge is -2.26. The second-order valence-electron chi connectivity index (χ2n) is 7.36. The van der Waals surface area contributed by atoms with E-state index in [2.05, 4.69) is 48.2 Å². The summed E-state index contributed by atoms with van der Waals surface area (Å²) in [4.78, 5) is 14.2. The van der Waals surface area contributed by atoms with E-state index in [4.69, 9.17) is 14.7 Å². The second-order valence-corrected chi connectivity index (χ2v) is 7.36. The number of benzene rings is 2. The van der Waals surface area contributed by atoms with E-state index >= 15 is 0 Å². The standard InChI is InChI=1S/C24H26N4O/c1-27(2)15-8-16-28-22-17-19(29-3)12-13-20(22)23(18-9-5-4-6-10-18)26-21-11-7-14-25-24(21)28/h4-7,9-14,17H,8,15-16H2,1-3H3. The average molecular weight is 386 g/mol. The van der Waals surface area contributed by atoms with Gasteiger partial charge in [0.05, 0.1) is 18.5 Å². The summed E-state index contributed by atoms with van der Waals surface area (Å²) in [7, 11) is 5.90. The van der Waals surface area contributed by atoms with Gasteiger partial charge in [-0.2, -0.15) is 0 Å². The first-order valence-electron chi connectivity index (χ1n) is 9.87. The molecule has 0 saturated heterocycles. The predicted octanol–water partition coefficient (Wildman–Crippen LogP) is 4.66. The molecular weight excluding hydrogens is 360 g/mol. The minimum Gasteiger partial charge on any atom is -0.497 e. The van der Waals surface area contributed by atoms with Crippen molar-refractivity contribution in [3.05, 3.63) is 78.0 Å². The van der Waals surface area contributed by atoms with Crippen molar-refractivity contribution >= 4 is 22.9 Å². The molecule has 148 valence electrons. The van der Waals surface area contributed by atoms with E-state index in [0.717, 1.165) is 59.3 Å². The molecule has 1 aliphatic heterocycles. The highest BCUT2D eigenvalue weighted by Gasteiger charge is 2.25. The molecule has 0 amide bonds. The normalized spacial score (nSPS) is 12.8. The SMILES string of the molecule is COc1ccc2c(c1)N(CCCN(C)C)c1ncccc1N=C2c1ccccc1. The number of hydrogen-bond donors (Lipinski definition) is 0. The van der Waals surface area contributed by atoms with E-state index in [9.17, 15) is 0 Å². The lowest BCUT2D eigenvalue weighted by molar-refractivity contribution is 0.402.